The summed E-state index contributed by atoms with van der Waals surface area (Å²) in [6, 6.07) is 0. The summed E-state index contributed by atoms with van der Waals surface area (Å²) in [7, 11) is 0. The summed E-state index contributed by atoms with van der Waals surface area (Å²) in [6.07, 6.45) is 12.2. The summed E-state index contributed by atoms with van der Waals surface area (Å²) in [5.74, 6) is 3.33. The van der Waals surface area contributed by atoms with Gasteiger partial charge in [-0.25, -0.2) is 0 Å². The Kier molecular flexibility index (Phi) is 5.19. The molecule has 0 saturated heterocycles. The molecular weight excluding hydrogens is 392 g/mol. The molecule has 5 fully saturated rings. The summed E-state index contributed by atoms with van der Waals surface area (Å²) in [4.78, 5) is 0. The third-order valence-corrected chi connectivity index (χ3v) is 13.5. The fraction of sp³-hybridized carbons (Fsp3) is 0.933. The fourth-order valence-corrected chi connectivity index (χ4v) is 11.5. The summed E-state index contributed by atoms with van der Waals surface area (Å²) >= 11 is 0. The maximum atomic E-state index is 10.9. The lowest BCUT2D eigenvalue weighted by molar-refractivity contribution is -0.249. The minimum absolute atomic E-state index is 0.0290. The molecule has 2 N–H and O–H groups in total. The van der Waals surface area contributed by atoms with Crippen molar-refractivity contribution in [1.29, 1.82) is 0 Å². The highest BCUT2D eigenvalue weighted by molar-refractivity contribution is 5.21. The van der Waals surface area contributed by atoms with Gasteiger partial charge in [-0.2, -0.15) is 0 Å². The van der Waals surface area contributed by atoms with Gasteiger partial charge < -0.3 is 10.2 Å². The molecule has 0 amide bonds. The van der Waals surface area contributed by atoms with Crippen LogP contribution in [0.2, 0.25) is 0 Å². The summed E-state index contributed by atoms with van der Waals surface area (Å²) in [6.45, 7) is 19.7. The van der Waals surface area contributed by atoms with Crippen LogP contribution in [-0.2, 0) is 0 Å². The second-order valence-corrected chi connectivity index (χ2v) is 14.6. The van der Waals surface area contributed by atoms with E-state index in [1.807, 2.05) is 0 Å². The van der Waals surface area contributed by atoms with Crippen molar-refractivity contribution in [2.45, 2.75) is 112 Å². The van der Waals surface area contributed by atoms with E-state index >= 15 is 0 Å². The van der Waals surface area contributed by atoms with E-state index in [1.165, 1.54) is 63.4 Å². The highest BCUT2D eigenvalue weighted by atomic mass is 16.3. The van der Waals surface area contributed by atoms with Crippen LogP contribution in [0.25, 0.3) is 0 Å². The number of aliphatic hydroxyl groups excluding tert-OH is 2. The number of hydrogen-bond acceptors (Lipinski definition) is 2. The SMILES string of the molecule is C=C(C)C1CC[C@]2(CO)CC[C@]3(C)[C@H](CCC4[C@@]5(C)CCC(O)C(C)(C)C5CC[C@]43C)C12. The van der Waals surface area contributed by atoms with Gasteiger partial charge in [-0.15, -0.1) is 0 Å². The van der Waals surface area contributed by atoms with Gasteiger partial charge in [0, 0.05) is 6.61 Å². The Morgan fingerprint density at radius 3 is 2.19 bits per heavy atom. The van der Waals surface area contributed by atoms with E-state index in [0.29, 0.717) is 40.6 Å². The number of fused-ring (bicyclic) bond motifs is 7. The summed E-state index contributed by atoms with van der Waals surface area (Å²) in [5.41, 5.74) is 2.60. The van der Waals surface area contributed by atoms with Crippen molar-refractivity contribution >= 4 is 0 Å². The van der Waals surface area contributed by atoms with E-state index in [-0.39, 0.29) is 16.9 Å². The molecule has 5 aliphatic rings. The zero-order valence-corrected chi connectivity index (χ0v) is 21.8. The van der Waals surface area contributed by atoms with Crippen molar-refractivity contribution in [3.8, 4) is 0 Å². The first-order valence-corrected chi connectivity index (χ1v) is 13.8. The topological polar surface area (TPSA) is 40.5 Å². The van der Waals surface area contributed by atoms with Crippen molar-refractivity contribution in [2.24, 2.45) is 56.7 Å². The molecule has 0 heterocycles. The van der Waals surface area contributed by atoms with Gasteiger partial charge in [-0.05, 0) is 128 Å². The van der Waals surface area contributed by atoms with Crippen LogP contribution >= 0.6 is 0 Å². The van der Waals surface area contributed by atoms with E-state index in [9.17, 15) is 10.2 Å². The molecular formula is C30H50O2. The molecule has 32 heavy (non-hydrogen) atoms. The normalized spacial score (nSPS) is 56.5. The maximum absolute atomic E-state index is 10.9. The molecule has 2 heteroatoms. The van der Waals surface area contributed by atoms with E-state index in [0.717, 1.165) is 18.3 Å². The number of rotatable bonds is 2. The molecule has 5 rings (SSSR count). The van der Waals surface area contributed by atoms with E-state index in [1.54, 1.807) is 0 Å². The lowest BCUT2D eigenvalue weighted by Gasteiger charge is -2.73. The molecule has 0 bridgehead atoms. The average molecular weight is 443 g/mol. The lowest BCUT2D eigenvalue weighted by Crippen LogP contribution is -2.66. The van der Waals surface area contributed by atoms with Gasteiger partial charge in [-0.3, -0.25) is 0 Å². The van der Waals surface area contributed by atoms with E-state index in [4.69, 9.17) is 0 Å². The Hall–Kier alpha value is -0.340. The molecule has 0 radical (unpaired) electrons. The Morgan fingerprint density at radius 1 is 0.812 bits per heavy atom. The van der Waals surface area contributed by atoms with Crippen molar-refractivity contribution in [3.05, 3.63) is 12.2 Å². The molecule has 0 spiro atoms. The van der Waals surface area contributed by atoms with Crippen LogP contribution in [0.4, 0.5) is 0 Å². The summed E-state index contributed by atoms with van der Waals surface area (Å²) < 4.78 is 0. The monoisotopic (exact) mass is 442 g/mol. The third-order valence-electron chi connectivity index (χ3n) is 13.5. The summed E-state index contributed by atoms with van der Waals surface area (Å²) in [5, 5.41) is 21.5. The fourth-order valence-electron chi connectivity index (χ4n) is 11.5. The van der Waals surface area contributed by atoms with Gasteiger partial charge in [0.2, 0.25) is 0 Å². The Morgan fingerprint density at radius 2 is 1.53 bits per heavy atom. The van der Waals surface area contributed by atoms with Crippen LogP contribution in [0.15, 0.2) is 12.2 Å². The molecule has 0 aromatic carbocycles. The third kappa shape index (κ3) is 2.66. The Balaban J connectivity index is 1.55. The van der Waals surface area contributed by atoms with Crippen molar-refractivity contribution in [1.82, 2.24) is 0 Å². The van der Waals surface area contributed by atoms with Crippen LogP contribution in [0.3, 0.4) is 0 Å². The number of allylic oxidation sites excluding steroid dienone is 1. The molecule has 5 saturated carbocycles. The molecule has 0 aliphatic heterocycles. The van der Waals surface area contributed by atoms with E-state index < -0.39 is 0 Å². The number of aliphatic hydroxyl groups is 2. The zero-order valence-electron chi connectivity index (χ0n) is 21.8. The van der Waals surface area contributed by atoms with Gasteiger partial charge in [0.15, 0.2) is 0 Å². The van der Waals surface area contributed by atoms with E-state index in [2.05, 4.69) is 48.1 Å². The van der Waals surface area contributed by atoms with Crippen molar-refractivity contribution in [3.63, 3.8) is 0 Å². The van der Waals surface area contributed by atoms with Gasteiger partial charge in [0.05, 0.1) is 6.10 Å². The molecule has 5 unspecified atom stereocenters. The van der Waals surface area contributed by atoms with Crippen molar-refractivity contribution < 1.29 is 10.2 Å². The Bertz CT molecular complexity index is 786. The van der Waals surface area contributed by atoms with Gasteiger partial charge >= 0.3 is 0 Å². The largest absolute Gasteiger partial charge is 0.396 e. The first kappa shape index (κ1) is 23.4. The highest BCUT2D eigenvalue weighted by Gasteiger charge is 2.70. The highest BCUT2D eigenvalue weighted by Crippen LogP contribution is 2.77. The molecule has 2 nitrogen and oxygen atoms in total. The molecule has 182 valence electrons. The zero-order chi connectivity index (χ0) is 23.3. The smallest absolute Gasteiger partial charge is 0.0594 e. The van der Waals surface area contributed by atoms with Gasteiger partial charge in [0.25, 0.3) is 0 Å². The maximum Gasteiger partial charge on any atom is 0.0594 e. The Labute approximate surface area is 197 Å². The molecule has 0 aromatic heterocycles. The second kappa shape index (κ2) is 7.09. The standard InChI is InChI=1S/C30H50O2/c1-19(2)20-10-15-30(18-31)17-16-28(6)21(25(20)30)8-9-23-27(5)13-12-24(32)26(3,4)22(27)11-14-29(23,28)7/h20-25,31-32H,1,8-18H2,2-7H3/t20?,21-,22?,23?,24?,25?,27+,28-,29-,30-/m1/s1. The minimum atomic E-state index is -0.147. The number of hydrogen-bond donors (Lipinski definition) is 2. The van der Waals surface area contributed by atoms with Gasteiger partial charge in [0.1, 0.15) is 0 Å². The van der Waals surface area contributed by atoms with Crippen molar-refractivity contribution in [2.75, 3.05) is 6.61 Å². The van der Waals surface area contributed by atoms with Crippen LogP contribution in [0, 0.1) is 56.7 Å². The first-order valence-electron chi connectivity index (χ1n) is 13.8. The predicted octanol–water partition coefficient (Wildman–Crippen LogP) is 7.00. The minimum Gasteiger partial charge on any atom is -0.396 e. The molecule has 0 aromatic rings. The van der Waals surface area contributed by atoms with Crippen LogP contribution in [0.1, 0.15) is 106 Å². The van der Waals surface area contributed by atoms with Crippen LogP contribution in [0.5, 0.6) is 0 Å². The molecule has 5 aliphatic carbocycles. The van der Waals surface area contributed by atoms with Crippen LogP contribution in [-0.4, -0.2) is 22.9 Å². The average Bonchev–Trinajstić information content (AvgIpc) is 3.12. The predicted molar refractivity (Wildman–Crippen MR) is 132 cm³/mol. The van der Waals surface area contributed by atoms with Gasteiger partial charge in [-0.1, -0.05) is 46.8 Å². The first-order chi connectivity index (χ1) is 14.9. The van der Waals surface area contributed by atoms with Crippen LogP contribution < -0.4 is 0 Å². The quantitative estimate of drug-likeness (QED) is 0.452. The lowest BCUT2D eigenvalue weighted by atomic mass is 9.32. The molecule has 10 atom stereocenters. The second-order valence-electron chi connectivity index (χ2n) is 14.6.